The molecule has 0 aliphatic carbocycles. The normalized spacial score (nSPS) is 11.0. The molecular weight excluding hydrogens is 208 g/mol. The lowest BCUT2D eigenvalue weighted by molar-refractivity contribution is 1.20. The molecule has 2 aromatic carbocycles. The molecule has 0 bridgehead atoms. The first-order valence-electron chi connectivity index (χ1n) is 5.71. The van der Waals surface area contributed by atoms with Crippen LogP contribution in [0.1, 0.15) is 16.7 Å². The van der Waals surface area contributed by atoms with Crippen LogP contribution in [0.2, 0.25) is 0 Å². The van der Waals surface area contributed by atoms with Gasteiger partial charge in [-0.25, -0.2) is 0 Å². The van der Waals surface area contributed by atoms with Crippen molar-refractivity contribution >= 4 is 11.4 Å². The molecule has 0 fully saturated rings. The Labute approximate surface area is 102 Å². The molecule has 0 aliphatic heterocycles. The molecule has 0 radical (unpaired) electrons. The average Bonchev–Trinajstić information content (AvgIpc) is 2.28. The summed E-state index contributed by atoms with van der Waals surface area (Å²) in [5.74, 6) is 0. The van der Waals surface area contributed by atoms with Gasteiger partial charge in [-0.05, 0) is 50.1 Å². The third-order valence-electron chi connectivity index (χ3n) is 2.63. The summed E-state index contributed by atoms with van der Waals surface area (Å²) in [4.78, 5) is 0. The maximum Gasteiger partial charge on any atom is 0.0886 e. The molecule has 0 N–H and O–H groups in total. The molecule has 0 heterocycles. The van der Waals surface area contributed by atoms with E-state index < -0.39 is 0 Å². The predicted octanol–water partition coefficient (Wildman–Crippen LogP) is 5.03. The lowest BCUT2D eigenvalue weighted by Gasteiger charge is -2.00. The Morgan fingerprint density at radius 1 is 0.765 bits per heavy atom. The molecule has 0 saturated heterocycles. The number of hydrogen-bond acceptors (Lipinski definition) is 2. The second kappa shape index (κ2) is 4.91. The number of rotatable bonds is 2. The van der Waals surface area contributed by atoms with Crippen LogP contribution in [0.4, 0.5) is 11.4 Å². The highest BCUT2D eigenvalue weighted by Gasteiger charge is 1.96. The molecule has 2 aromatic rings. The second-order valence-corrected chi connectivity index (χ2v) is 4.33. The van der Waals surface area contributed by atoms with Crippen LogP contribution in [0.15, 0.2) is 52.7 Å². The zero-order valence-electron chi connectivity index (χ0n) is 10.4. The van der Waals surface area contributed by atoms with Crippen LogP contribution in [0, 0.1) is 20.8 Å². The number of azo groups is 1. The molecule has 0 saturated carbocycles. The SMILES string of the molecule is Cc1cccc(N=Nc2ccc(C)cc2C)c1. The standard InChI is InChI=1S/C15H16N2/c1-11-5-4-6-14(10-11)16-17-15-8-7-12(2)9-13(15)3/h4-10H,1-3H3. The fourth-order valence-corrected chi connectivity index (χ4v) is 1.72. The Morgan fingerprint density at radius 3 is 2.24 bits per heavy atom. The Hall–Kier alpha value is -1.96. The zero-order valence-corrected chi connectivity index (χ0v) is 10.4. The summed E-state index contributed by atoms with van der Waals surface area (Å²) in [6, 6.07) is 14.2. The molecule has 17 heavy (non-hydrogen) atoms. The minimum absolute atomic E-state index is 0.893. The summed E-state index contributed by atoms with van der Waals surface area (Å²) in [5, 5.41) is 8.54. The van der Waals surface area contributed by atoms with E-state index in [4.69, 9.17) is 0 Å². The fourth-order valence-electron chi connectivity index (χ4n) is 1.72. The van der Waals surface area contributed by atoms with Crippen LogP contribution in [0.25, 0.3) is 0 Å². The van der Waals surface area contributed by atoms with Gasteiger partial charge >= 0.3 is 0 Å². The topological polar surface area (TPSA) is 24.7 Å². The first kappa shape index (κ1) is 11.5. The van der Waals surface area contributed by atoms with Crippen molar-refractivity contribution in [1.82, 2.24) is 0 Å². The van der Waals surface area contributed by atoms with Gasteiger partial charge in [0.05, 0.1) is 11.4 Å². The van der Waals surface area contributed by atoms with Gasteiger partial charge in [-0.3, -0.25) is 0 Å². The number of hydrogen-bond donors (Lipinski definition) is 0. The fraction of sp³-hybridized carbons (Fsp3) is 0.200. The second-order valence-electron chi connectivity index (χ2n) is 4.33. The van der Waals surface area contributed by atoms with Crippen molar-refractivity contribution in [2.24, 2.45) is 10.2 Å². The van der Waals surface area contributed by atoms with Gasteiger partial charge in [-0.15, -0.1) is 0 Å². The van der Waals surface area contributed by atoms with Crippen LogP contribution in [0.5, 0.6) is 0 Å². The molecule has 0 unspecified atom stereocenters. The van der Waals surface area contributed by atoms with Crippen LogP contribution >= 0.6 is 0 Å². The molecule has 0 spiro atoms. The van der Waals surface area contributed by atoms with Gasteiger partial charge in [-0.2, -0.15) is 10.2 Å². The van der Waals surface area contributed by atoms with Crippen LogP contribution in [-0.2, 0) is 0 Å². The Kier molecular flexibility index (Phi) is 3.33. The van der Waals surface area contributed by atoms with E-state index in [1.54, 1.807) is 0 Å². The van der Waals surface area contributed by atoms with E-state index in [-0.39, 0.29) is 0 Å². The first-order valence-corrected chi connectivity index (χ1v) is 5.71. The van der Waals surface area contributed by atoms with E-state index in [9.17, 15) is 0 Å². The summed E-state index contributed by atoms with van der Waals surface area (Å²) in [6.07, 6.45) is 0. The highest BCUT2D eigenvalue weighted by atomic mass is 15.1. The number of aryl methyl sites for hydroxylation is 3. The maximum atomic E-state index is 4.28. The Morgan fingerprint density at radius 2 is 1.53 bits per heavy atom. The van der Waals surface area contributed by atoms with Crippen molar-refractivity contribution in [3.63, 3.8) is 0 Å². The van der Waals surface area contributed by atoms with Crippen molar-refractivity contribution in [2.75, 3.05) is 0 Å². The van der Waals surface area contributed by atoms with Gasteiger partial charge in [0.1, 0.15) is 0 Å². The molecular formula is C15H16N2. The van der Waals surface area contributed by atoms with E-state index in [1.165, 1.54) is 11.1 Å². The largest absolute Gasteiger partial charge is 0.151 e. The van der Waals surface area contributed by atoms with E-state index >= 15 is 0 Å². The Balaban J connectivity index is 2.26. The highest BCUT2D eigenvalue weighted by Crippen LogP contribution is 2.23. The maximum absolute atomic E-state index is 4.28. The van der Waals surface area contributed by atoms with Crippen molar-refractivity contribution in [1.29, 1.82) is 0 Å². The molecule has 2 nitrogen and oxygen atoms in total. The monoisotopic (exact) mass is 224 g/mol. The number of nitrogens with zero attached hydrogens (tertiary/aromatic N) is 2. The zero-order chi connectivity index (χ0) is 12.3. The van der Waals surface area contributed by atoms with Gasteiger partial charge < -0.3 is 0 Å². The van der Waals surface area contributed by atoms with E-state index in [0.717, 1.165) is 16.9 Å². The summed E-state index contributed by atoms with van der Waals surface area (Å²) < 4.78 is 0. The lowest BCUT2D eigenvalue weighted by Crippen LogP contribution is -1.76. The molecule has 0 atom stereocenters. The smallest absolute Gasteiger partial charge is 0.0886 e. The quantitative estimate of drug-likeness (QED) is 0.639. The van der Waals surface area contributed by atoms with Gasteiger partial charge in [0.25, 0.3) is 0 Å². The van der Waals surface area contributed by atoms with Gasteiger partial charge in [0, 0.05) is 0 Å². The number of benzene rings is 2. The molecule has 0 aromatic heterocycles. The lowest BCUT2D eigenvalue weighted by atomic mass is 10.1. The van der Waals surface area contributed by atoms with Gasteiger partial charge in [0.2, 0.25) is 0 Å². The average molecular weight is 224 g/mol. The van der Waals surface area contributed by atoms with Crippen LogP contribution < -0.4 is 0 Å². The third-order valence-corrected chi connectivity index (χ3v) is 2.63. The summed E-state index contributed by atoms with van der Waals surface area (Å²) >= 11 is 0. The first-order chi connectivity index (χ1) is 8.15. The van der Waals surface area contributed by atoms with Crippen LogP contribution in [0.3, 0.4) is 0 Å². The van der Waals surface area contributed by atoms with Gasteiger partial charge in [0.15, 0.2) is 0 Å². The molecule has 86 valence electrons. The molecule has 2 heteroatoms. The van der Waals surface area contributed by atoms with Crippen LogP contribution in [-0.4, -0.2) is 0 Å². The predicted molar refractivity (Wildman–Crippen MR) is 71.3 cm³/mol. The summed E-state index contributed by atoms with van der Waals surface area (Å²) in [5.41, 5.74) is 5.42. The minimum atomic E-state index is 0.893. The summed E-state index contributed by atoms with van der Waals surface area (Å²) in [7, 11) is 0. The van der Waals surface area contributed by atoms with E-state index in [1.807, 2.05) is 24.3 Å². The van der Waals surface area contributed by atoms with Crippen molar-refractivity contribution in [3.8, 4) is 0 Å². The third kappa shape index (κ3) is 3.00. The van der Waals surface area contributed by atoms with Crippen molar-refractivity contribution in [2.45, 2.75) is 20.8 Å². The van der Waals surface area contributed by atoms with E-state index in [2.05, 4.69) is 49.2 Å². The van der Waals surface area contributed by atoms with Gasteiger partial charge in [-0.1, -0.05) is 29.8 Å². The highest BCUT2D eigenvalue weighted by molar-refractivity contribution is 5.47. The summed E-state index contributed by atoms with van der Waals surface area (Å²) in [6.45, 7) is 6.18. The molecule has 0 amide bonds. The Bertz CT molecular complexity index is 557. The molecule has 0 aliphatic rings. The van der Waals surface area contributed by atoms with Crippen molar-refractivity contribution in [3.05, 3.63) is 59.2 Å². The molecule has 2 rings (SSSR count). The minimum Gasteiger partial charge on any atom is -0.151 e. The van der Waals surface area contributed by atoms with Crippen molar-refractivity contribution < 1.29 is 0 Å². The van der Waals surface area contributed by atoms with E-state index in [0.29, 0.717) is 0 Å².